The molecule has 2 atom stereocenters. The largest absolute Gasteiger partial charge is 0.481 e. The van der Waals surface area contributed by atoms with Crippen LogP contribution < -0.4 is 22.5 Å². The molecule has 212 valence electrons. The Hall–Kier alpha value is -4.49. The monoisotopic (exact) mass is 545 g/mol. The van der Waals surface area contributed by atoms with Crippen LogP contribution in [0.3, 0.4) is 0 Å². The van der Waals surface area contributed by atoms with Gasteiger partial charge in [-0.15, -0.1) is 0 Å². The Balaban J connectivity index is 2.18. The van der Waals surface area contributed by atoms with Crippen molar-refractivity contribution < 1.29 is 33.9 Å². The number of carbonyl (C=O) groups is 6. The molecule has 0 bridgehead atoms. The maximum absolute atomic E-state index is 13.5. The third kappa shape index (κ3) is 9.39. The molecule has 1 saturated heterocycles. The molecule has 0 saturated carbocycles. The van der Waals surface area contributed by atoms with Gasteiger partial charge in [-0.1, -0.05) is 12.1 Å². The fraction of sp³-hybridized carbons (Fsp3) is 0.480. The van der Waals surface area contributed by atoms with Crippen molar-refractivity contribution in [3.8, 4) is 0 Å². The molecule has 39 heavy (non-hydrogen) atoms. The van der Waals surface area contributed by atoms with Gasteiger partial charge in [0.15, 0.2) is 11.7 Å². The molecule has 2 rings (SSSR count). The van der Waals surface area contributed by atoms with E-state index in [1.807, 2.05) is 0 Å². The molecule has 0 spiro atoms. The second-order valence-corrected chi connectivity index (χ2v) is 9.17. The lowest BCUT2D eigenvalue weighted by molar-refractivity contribution is -0.148. The van der Waals surface area contributed by atoms with Crippen LogP contribution in [0.4, 0.5) is 0 Å². The van der Waals surface area contributed by atoms with E-state index in [1.165, 1.54) is 41.0 Å². The average molecular weight is 546 g/mol. The summed E-state index contributed by atoms with van der Waals surface area (Å²) in [6.45, 7) is 1.83. The van der Waals surface area contributed by atoms with Gasteiger partial charge in [0.25, 0.3) is 0 Å². The number of carboxylic acids is 1. The number of aliphatic imine (C=N–C) groups is 1. The molecule has 14 nitrogen and oxygen atoms in total. The van der Waals surface area contributed by atoms with E-state index in [0.717, 1.165) is 0 Å². The lowest BCUT2D eigenvalue weighted by Gasteiger charge is -2.36. The van der Waals surface area contributed by atoms with E-state index in [4.69, 9.17) is 17.2 Å². The molecular formula is C25H35N7O7. The molecule has 0 unspecified atom stereocenters. The van der Waals surface area contributed by atoms with E-state index in [9.17, 15) is 33.9 Å². The Morgan fingerprint density at radius 1 is 1.05 bits per heavy atom. The van der Waals surface area contributed by atoms with Crippen LogP contribution in [0.5, 0.6) is 0 Å². The van der Waals surface area contributed by atoms with Gasteiger partial charge in [0.2, 0.25) is 23.6 Å². The molecule has 1 heterocycles. The van der Waals surface area contributed by atoms with Gasteiger partial charge in [0, 0.05) is 37.7 Å². The molecule has 0 aliphatic carbocycles. The quantitative estimate of drug-likeness (QED) is 0.0919. The second kappa shape index (κ2) is 14.4. The lowest BCUT2D eigenvalue weighted by atomic mass is 10.00. The highest BCUT2D eigenvalue weighted by Crippen LogP contribution is 2.17. The summed E-state index contributed by atoms with van der Waals surface area (Å²) in [5, 5.41) is 11.7. The van der Waals surface area contributed by atoms with Crippen molar-refractivity contribution >= 4 is 41.3 Å². The van der Waals surface area contributed by atoms with E-state index >= 15 is 0 Å². The topological polar surface area (TPSA) is 232 Å². The van der Waals surface area contributed by atoms with Crippen molar-refractivity contribution in [2.75, 3.05) is 26.2 Å². The van der Waals surface area contributed by atoms with Crippen molar-refractivity contribution in [2.45, 2.75) is 51.1 Å². The minimum atomic E-state index is -1.41. The summed E-state index contributed by atoms with van der Waals surface area (Å²) in [6, 6.07) is 3.03. The molecule has 1 aliphatic heterocycles. The van der Waals surface area contributed by atoms with E-state index in [-0.39, 0.29) is 42.5 Å². The van der Waals surface area contributed by atoms with Gasteiger partial charge in [0.05, 0.1) is 13.0 Å². The molecule has 0 aromatic heterocycles. The second-order valence-electron chi connectivity index (χ2n) is 9.17. The number of hydrogen-bond donors (Lipinski definition) is 5. The molecule has 0 radical (unpaired) electrons. The van der Waals surface area contributed by atoms with Crippen molar-refractivity contribution in [3.63, 3.8) is 0 Å². The smallest absolute Gasteiger partial charge is 0.305 e. The third-order valence-corrected chi connectivity index (χ3v) is 6.20. The van der Waals surface area contributed by atoms with Crippen LogP contribution in [0.25, 0.3) is 0 Å². The van der Waals surface area contributed by atoms with Crippen molar-refractivity contribution in [1.82, 2.24) is 15.1 Å². The highest BCUT2D eigenvalue weighted by atomic mass is 16.4. The number of carboxylic acid groups (broad SMARTS) is 1. The Kier molecular flexibility index (Phi) is 11.4. The van der Waals surface area contributed by atoms with Gasteiger partial charge in [-0.2, -0.15) is 0 Å². The number of guanidine groups is 1. The number of nitrogens with one attached hydrogen (secondary N) is 1. The zero-order chi connectivity index (χ0) is 29.1. The number of nitrogens with zero attached hydrogens (tertiary/aromatic N) is 3. The van der Waals surface area contributed by atoms with Crippen LogP contribution in [0.2, 0.25) is 0 Å². The average Bonchev–Trinajstić information content (AvgIpc) is 2.86. The number of benzene rings is 1. The summed E-state index contributed by atoms with van der Waals surface area (Å²) in [4.78, 5) is 81.0. The lowest BCUT2D eigenvalue weighted by Crippen LogP contribution is -2.55. The number of hydrogen-bond acceptors (Lipinski definition) is 7. The highest BCUT2D eigenvalue weighted by molar-refractivity contribution is 6.04. The summed E-state index contributed by atoms with van der Waals surface area (Å²) >= 11 is 0. The molecule has 1 aromatic carbocycles. The van der Waals surface area contributed by atoms with Gasteiger partial charge < -0.3 is 37.4 Å². The Morgan fingerprint density at radius 2 is 1.67 bits per heavy atom. The third-order valence-electron chi connectivity index (χ3n) is 6.20. The highest BCUT2D eigenvalue weighted by Gasteiger charge is 2.34. The molecule has 1 fully saturated rings. The summed E-state index contributed by atoms with van der Waals surface area (Å²) in [6.07, 6.45) is 1.14. The zero-order valence-electron chi connectivity index (χ0n) is 21.8. The van der Waals surface area contributed by atoms with Crippen LogP contribution in [-0.4, -0.2) is 94.5 Å². The Labute approximate surface area is 225 Å². The van der Waals surface area contributed by atoms with Gasteiger partial charge in [-0.25, -0.2) is 0 Å². The molecule has 8 N–H and O–H groups in total. The molecule has 1 aromatic rings. The zero-order valence-corrected chi connectivity index (χ0v) is 21.8. The van der Waals surface area contributed by atoms with Crippen molar-refractivity contribution in [1.29, 1.82) is 0 Å². The van der Waals surface area contributed by atoms with E-state index in [0.29, 0.717) is 25.8 Å². The summed E-state index contributed by atoms with van der Waals surface area (Å²) in [5.74, 6) is -4.23. The first-order valence-electron chi connectivity index (χ1n) is 12.5. The minimum absolute atomic E-state index is 0.0758. The number of amides is 4. The summed E-state index contributed by atoms with van der Waals surface area (Å²) in [5.41, 5.74) is 16.1. The first kappa shape index (κ1) is 30.7. The SMILES string of the molecule is CC(=O)N1CCCCN(CC(=O)N[C@@H](CC(=O)O)C(=O)c2ccc(C(N)=O)cc2)C(=O)[C@@H]1CCCN=C(N)N. The minimum Gasteiger partial charge on any atom is -0.481 e. The molecule has 14 heteroatoms. The number of carbonyl (C=O) groups excluding carboxylic acids is 5. The molecule has 1 aliphatic rings. The maximum atomic E-state index is 13.5. The fourth-order valence-electron chi connectivity index (χ4n) is 4.30. The predicted molar refractivity (Wildman–Crippen MR) is 140 cm³/mol. The predicted octanol–water partition coefficient (Wildman–Crippen LogP) is -1.18. The normalized spacial score (nSPS) is 16.4. The number of nitrogens with two attached hydrogens (primary N) is 3. The van der Waals surface area contributed by atoms with Crippen LogP contribution >= 0.6 is 0 Å². The van der Waals surface area contributed by atoms with Gasteiger partial charge in [-0.3, -0.25) is 33.8 Å². The van der Waals surface area contributed by atoms with E-state index in [2.05, 4.69) is 10.3 Å². The number of aliphatic carboxylic acids is 1. The first-order valence-corrected chi connectivity index (χ1v) is 12.5. The Morgan fingerprint density at radius 3 is 2.23 bits per heavy atom. The van der Waals surface area contributed by atoms with Gasteiger partial charge in [-0.05, 0) is 37.8 Å². The number of ketones is 1. The van der Waals surface area contributed by atoms with Crippen molar-refractivity contribution in [3.05, 3.63) is 35.4 Å². The first-order chi connectivity index (χ1) is 18.4. The number of rotatable bonds is 12. The standard InChI is InChI=1S/C25H35N7O7/c1-15(33)32-12-3-2-11-31(24(39)19(32)5-4-10-29-25(27)28)14-20(34)30-18(13-21(35)36)22(37)16-6-8-17(9-7-16)23(26)38/h6-9,18-19H,2-5,10-14H2,1H3,(H2,26,38)(H,30,34)(H,35,36)(H4,27,28,29)/t18-,19-/m0/s1. The van der Waals surface area contributed by atoms with E-state index < -0.39 is 54.5 Å². The molecule has 4 amide bonds. The van der Waals surface area contributed by atoms with Crippen LogP contribution in [0, 0.1) is 0 Å². The maximum Gasteiger partial charge on any atom is 0.305 e. The van der Waals surface area contributed by atoms with Crippen LogP contribution in [0.1, 0.15) is 59.7 Å². The van der Waals surface area contributed by atoms with Crippen LogP contribution in [-0.2, 0) is 19.2 Å². The molecular weight excluding hydrogens is 510 g/mol. The fourth-order valence-corrected chi connectivity index (χ4v) is 4.30. The number of Topliss-reactive ketones (excluding diaryl/α,β-unsaturated/α-hetero) is 1. The van der Waals surface area contributed by atoms with Gasteiger partial charge >= 0.3 is 5.97 Å². The van der Waals surface area contributed by atoms with Gasteiger partial charge in [0.1, 0.15) is 12.1 Å². The number of primary amides is 1. The van der Waals surface area contributed by atoms with Crippen LogP contribution in [0.15, 0.2) is 29.3 Å². The van der Waals surface area contributed by atoms with E-state index in [1.54, 1.807) is 0 Å². The Bertz CT molecular complexity index is 1120. The summed E-state index contributed by atoms with van der Waals surface area (Å²) < 4.78 is 0. The van der Waals surface area contributed by atoms with Crippen molar-refractivity contribution in [2.24, 2.45) is 22.2 Å². The summed E-state index contributed by atoms with van der Waals surface area (Å²) in [7, 11) is 0.